The maximum atomic E-state index is 11.5. The molecule has 0 aliphatic rings. The number of amides is 1. The van der Waals surface area contributed by atoms with Crippen molar-refractivity contribution in [2.75, 3.05) is 0 Å². The van der Waals surface area contributed by atoms with Crippen molar-refractivity contribution in [2.45, 2.75) is 27.4 Å². The molecule has 4 aromatic rings. The summed E-state index contributed by atoms with van der Waals surface area (Å²) in [5, 5.41) is 8.94. The van der Waals surface area contributed by atoms with E-state index < -0.39 is 5.25 Å². The highest BCUT2D eigenvalue weighted by Crippen LogP contribution is 2.33. The third-order valence-electron chi connectivity index (χ3n) is 4.00. The molecule has 142 valence electrons. The number of thiazole rings is 1. The van der Waals surface area contributed by atoms with Gasteiger partial charge in [0.1, 0.15) is 5.82 Å². The Hall–Kier alpha value is -2.36. The molecule has 2 aromatic carbocycles. The number of thioether (sulfide) groups is 2. The van der Waals surface area contributed by atoms with Gasteiger partial charge >= 0.3 is 0 Å². The zero-order valence-electron chi connectivity index (χ0n) is 15.0. The molecule has 28 heavy (non-hydrogen) atoms. The zero-order valence-corrected chi connectivity index (χ0v) is 17.4. The van der Waals surface area contributed by atoms with E-state index in [0.717, 1.165) is 21.4 Å². The van der Waals surface area contributed by atoms with Gasteiger partial charge in [-0.15, -0.1) is 21.5 Å². The highest BCUT2D eigenvalue weighted by Gasteiger charge is 2.20. The summed E-state index contributed by atoms with van der Waals surface area (Å²) in [4.78, 5) is 16.2. The Kier molecular flexibility index (Phi) is 5.65. The van der Waals surface area contributed by atoms with Crippen LogP contribution < -0.4 is 5.73 Å². The summed E-state index contributed by atoms with van der Waals surface area (Å²) in [6.45, 7) is 1.77. The number of para-hydroxylation sites is 2. The van der Waals surface area contributed by atoms with Crippen LogP contribution in [0.15, 0.2) is 64.1 Å². The summed E-state index contributed by atoms with van der Waals surface area (Å²) in [7, 11) is 0. The molecule has 0 aliphatic carbocycles. The molecule has 0 unspecified atom stereocenters. The van der Waals surface area contributed by atoms with E-state index in [0.29, 0.717) is 10.9 Å². The van der Waals surface area contributed by atoms with Crippen molar-refractivity contribution in [2.24, 2.45) is 5.73 Å². The van der Waals surface area contributed by atoms with Crippen molar-refractivity contribution in [3.05, 3.63) is 60.4 Å². The van der Waals surface area contributed by atoms with Crippen LogP contribution in [0.1, 0.15) is 12.7 Å². The van der Waals surface area contributed by atoms with Gasteiger partial charge in [-0.3, -0.25) is 9.36 Å². The molecule has 2 heterocycles. The second-order valence-electron chi connectivity index (χ2n) is 5.97. The number of aromatic nitrogens is 4. The topological polar surface area (TPSA) is 86.7 Å². The first-order chi connectivity index (χ1) is 13.6. The number of hydrogen-bond acceptors (Lipinski definition) is 7. The normalized spacial score (nSPS) is 12.3. The lowest BCUT2D eigenvalue weighted by Crippen LogP contribution is -2.23. The van der Waals surface area contributed by atoms with Crippen molar-refractivity contribution in [1.82, 2.24) is 19.7 Å². The van der Waals surface area contributed by atoms with E-state index in [2.05, 4.69) is 21.2 Å². The van der Waals surface area contributed by atoms with E-state index in [1.54, 1.807) is 30.0 Å². The highest BCUT2D eigenvalue weighted by atomic mass is 32.2. The molecule has 0 saturated carbocycles. The number of carbonyl (C=O) groups is 1. The van der Waals surface area contributed by atoms with Gasteiger partial charge in [0, 0.05) is 5.69 Å². The Morgan fingerprint density at radius 3 is 2.64 bits per heavy atom. The Bertz CT molecular complexity index is 1080. The van der Waals surface area contributed by atoms with Crippen LogP contribution in [0.4, 0.5) is 0 Å². The highest BCUT2D eigenvalue weighted by molar-refractivity contribution is 8.00. The van der Waals surface area contributed by atoms with Crippen LogP contribution in [-0.4, -0.2) is 30.9 Å². The summed E-state index contributed by atoms with van der Waals surface area (Å²) in [5.74, 6) is 1.04. The molecule has 0 fully saturated rings. The Labute approximate surface area is 174 Å². The first-order valence-electron chi connectivity index (χ1n) is 8.56. The van der Waals surface area contributed by atoms with Gasteiger partial charge in [-0.1, -0.05) is 53.9 Å². The van der Waals surface area contributed by atoms with Crippen LogP contribution in [0.5, 0.6) is 0 Å². The maximum Gasteiger partial charge on any atom is 0.230 e. The number of benzene rings is 2. The van der Waals surface area contributed by atoms with Crippen molar-refractivity contribution in [3.8, 4) is 5.69 Å². The predicted molar refractivity (Wildman–Crippen MR) is 115 cm³/mol. The molecule has 0 spiro atoms. The minimum atomic E-state index is -0.392. The average Bonchev–Trinajstić information content (AvgIpc) is 3.30. The monoisotopic (exact) mass is 427 g/mol. The minimum Gasteiger partial charge on any atom is -0.369 e. The van der Waals surface area contributed by atoms with Gasteiger partial charge in [0.2, 0.25) is 5.91 Å². The number of nitrogens with two attached hydrogens (primary N) is 1. The van der Waals surface area contributed by atoms with Gasteiger partial charge in [0.05, 0.1) is 21.2 Å². The number of rotatable bonds is 7. The van der Waals surface area contributed by atoms with Crippen molar-refractivity contribution in [3.63, 3.8) is 0 Å². The van der Waals surface area contributed by atoms with E-state index in [-0.39, 0.29) is 5.91 Å². The van der Waals surface area contributed by atoms with Gasteiger partial charge in [0.25, 0.3) is 0 Å². The Balaban J connectivity index is 1.62. The van der Waals surface area contributed by atoms with E-state index in [1.807, 2.05) is 53.1 Å². The van der Waals surface area contributed by atoms with Gasteiger partial charge in [0.15, 0.2) is 9.50 Å². The standard InChI is InChI=1S/C19H17N5OS3/c1-12(17(20)25)27-18-23-22-16(24(18)13-7-3-2-4-8-13)11-26-19-21-14-9-5-6-10-15(14)28-19/h2-10,12H,11H2,1H3,(H2,20,25)/t12-/m1/s1. The van der Waals surface area contributed by atoms with Crippen molar-refractivity contribution in [1.29, 1.82) is 0 Å². The largest absolute Gasteiger partial charge is 0.369 e. The van der Waals surface area contributed by atoms with Crippen LogP contribution in [0.2, 0.25) is 0 Å². The maximum absolute atomic E-state index is 11.5. The second-order valence-corrected chi connectivity index (χ2v) is 9.53. The molecular formula is C19H17N5OS3. The number of primary amides is 1. The van der Waals surface area contributed by atoms with Crippen molar-refractivity contribution >= 4 is 51.0 Å². The number of nitrogens with zero attached hydrogens (tertiary/aromatic N) is 4. The summed E-state index contributed by atoms with van der Waals surface area (Å²) in [5.41, 5.74) is 7.38. The molecule has 0 aliphatic heterocycles. The first-order valence-corrected chi connectivity index (χ1v) is 11.2. The molecule has 0 radical (unpaired) electrons. The summed E-state index contributed by atoms with van der Waals surface area (Å²) >= 11 is 4.61. The third-order valence-corrected chi connectivity index (χ3v) is 7.23. The van der Waals surface area contributed by atoms with Gasteiger partial charge in [-0.25, -0.2) is 4.98 Å². The number of fused-ring (bicyclic) bond motifs is 1. The molecule has 0 bridgehead atoms. The first kappa shape index (κ1) is 19.0. The number of carbonyl (C=O) groups excluding carboxylic acids is 1. The van der Waals surface area contributed by atoms with Gasteiger partial charge in [-0.05, 0) is 31.2 Å². The van der Waals surface area contributed by atoms with Crippen LogP contribution in [0, 0.1) is 0 Å². The SMILES string of the molecule is C[C@@H](Sc1nnc(CSc2nc3ccccc3s2)n1-c1ccccc1)C(N)=O. The van der Waals surface area contributed by atoms with Gasteiger partial charge < -0.3 is 5.73 Å². The molecule has 1 atom stereocenters. The van der Waals surface area contributed by atoms with E-state index in [1.165, 1.54) is 16.5 Å². The quantitative estimate of drug-likeness (QED) is 0.446. The minimum absolute atomic E-state index is 0.377. The fourth-order valence-electron chi connectivity index (χ4n) is 2.56. The van der Waals surface area contributed by atoms with Crippen LogP contribution in [0.3, 0.4) is 0 Å². The predicted octanol–water partition coefficient (Wildman–Crippen LogP) is 4.14. The molecule has 2 N–H and O–H groups in total. The lowest BCUT2D eigenvalue weighted by molar-refractivity contribution is -0.117. The lowest BCUT2D eigenvalue weighted by atomic mass is 10.3. The molecular weight excluding hydrogens is 410 g/mol. The molecule has 4 rings (SSSR count). The summed E-state index contributed by atoms with van der Waals surface area (Å²) < 4.78 is 4.13. The molecule has 0 saturated heterocycles. The van der Waals surface area contributed by atoms with Gasteiger partial charge in [-0.2, -0.15) is 0 Å². The summed E-state index contributed by atoms with van der Waals surface area (Å²) in [6.07, 6.45) is 0. The molecule has 6 nitrogen and oxygen atoms in total. The van der Waals surface area contributed by atoms with E-state index in [9.17, 15) is 4.79 Å². The third kappa shape index (κ3) is 4.06. The van der Waals surface area contributed by atoms with Crippen LogP contribution in [-0.2, 0) is 10.5 Å². The number of hydrogen-bond donors (Lipinski definition) is 1. The molecule has 2 aromatic heterocycles. The molecule has 9 heteroatoms. The zero-order chi connectivity index (χ0) is 19.5. The fraction of sp³-hybridized carbons (Fsp3) is 0.158. The van der Waals surface area contributed by atoms with Crippen molar-refractivity contribution < 1.29 is 4.79 Å². The van der Waals surface area contributed by atoms with E-state index >= 15 is 0 Å². The van der Waals surface area contributed by atoms with E-state index in [4.69, 9.17) is 5.73 Å². The Morgan fingerprint density at radius 2 is 1.89 bits per heavy atom. The fourth-order valence-corrected chi connectivity index (χ4v) is 5.38. The average molecular weight is 428 g/mol. The summed E-state index contributed by atoms with van der Waals surface area (Å²) in [6, 6.07) is 18.0. The van der Waals surface area contributed by atoms with Crippen LogP contribution >= 0.6 is 34.9 Å². The lowest BCUT2D eigenvalue weighted by Gasteiger charge is -2.11. The Morgan fingerprint density at radius 1 is 1.14 bits per heavy atom. The second kappa shape index (κ2) is 8.34. The molecule has 1 amide bonds. The smallest absolute Gasteiger partial charge is 0.230 e. The van der Waals surface area contributed by atoms with Crippen LogP contribution in [0.25, 0.3) is 15.9 Å².